The average Bonchev–Trinajstić information content (AvgIpc) is 3.55. The van der Waals surface area contributed by atoms with Crippen LogP contribution in [0.5, 0.6) is 5.75 Å². The number of methoxy groups -OCH3 is 1. The van der Waals surface area contributed by atoms with E-state index in [-0.39, 0.29) is 23.5 Å². The number of aromatic nitrogens is 2. The van der Waals surface area contributed by atoms with Gasteiger partial charge in [0, 0.05) is 106 Å². The molecule has 4 saturated heterocycles. The number of carbonyl (C=O) groups excluding carboxylic acids is 2. The Bertz CT molecular complexity index is 2090. The van der Waals surface area contributed by atoms with Gasteiger partial charge in [0.05, 0.1) is 24.5 Å². The van der Waals surface area contributed by atoms with Gasteiger partial charge in [-0.25, -0.2) is 14.9 Å². The predicted molar refractivity (Wildman–Crippen MR) is 241 cm³/mol. The van der Waals surface area contributed by atoms with Crippen LogP contribution in [0.25, 0.3) is 0 Å². The molecular formula is C45H65N11O8. The highest BCUT2D eigenvalue weighted by Crippen LogP contribution is 2.43. The molecule has 0 saturated carbocycles. The highest BCUT2D eigenvalue weighted by molar-refractivity contribution is 5.96. The van der Waals surface area contributed by atoms with E-state index >= 15 is 0 Å². The summed E-state index contributed by atoms with van der Waals surface area (Å²) in [5, 5.41) is 55.2. The van der Waals surface area contributed by atoms with Crippen molar-refractivity contribution in [3.63, 3.8) is 0 Å². The number of hydrogen-bond donors (Lipinski definition) is 9. The second-order valence-electron chi connectivity index (χ2n) is 17.5. The normalized spacial score (nSPS) is 24.9. The third kappa shape index (κ3) is 10.2. The lowest BCUT2D eigenvalue weighted by molar-refractivity contribution is -0.159. The lowest BCUT2D eigenvalue weighted by Gasteiger charge is -2.43. The van der Waals surface area contributed by atoms with Crippen molar-refractivity contribution in [2.75, 3.05) is 87.0 Å². The van der Waals surface area contributed by atoms with Crippen molar-refractivity contribution in [3.8, 4) is 5.75 Å². The zero-order valence-electron chi connectivity index (χ0n) is 36.9. The van der Waals surface area contributed by atoms with Gasteiger partial charge in [-0.05, 0) is 75.6 Å². The molecule has 2 aromatic carbocycles. The number of nitrogens with zero attached hydrogens (tertiary/aromatic N) is 6. The molecule has 2 amide bonds. The molecule has 3 aromatic rings. The summed E-state index contributed by atoms with van der Waals surface area (Å²) in [6.45, 7) is 8.75. The molecule has 10 N–H and O–H groups in total. The Morgan fingerprint density at radius 2 is 1.61 bits per heavy atom. The van der Waals surface area contributed by atoms with Gasteiger partial charge < -0.3 is 61.4 Å². The first-order valence-corrected chi connectivity index (χ1v) is 22.9. The zero-order chi connectivity index (χ0) is 44.9. The van der Waals surface area contributed by atoms with Gasteiger partial charge >= 0.3 is 0 Å². The number of rotatable bonds is 15. The van der Waals surface area contributed by atoms with E-state index in [2.05, 4.69) is 36.1 Å². The summed E-state index contributed by atoms with van der Waals surface area (Å²) in [5.41, 5.74) is 10.2. The Balaban J connectivity index is 0.780. The molecule has 1 aromatic heterocycles. The van der Waals surface area contributed by atoms with Gasteiger partial charge in [-0.3, -0.25) is 19.8 Å². The Morgan fingerprint density at radius 3 is 2.31 bits per heavy atom. The van der Waals surface area contributed by atoms with Gasteiger partial charge in [0.2, 0.25) is 5.91 Å². The number of benzene rings is 2. The minimum Gasteiger partial charge on any atom is -0.495 e. The third-order valence-corrected chi connectivity index (χ3v) is 13.5. The monoisotopic (exact) mass is 888 g/mol. The van der Waals surface area contributed by atoms with Crippen molar-refractivity contribution in [1.29, 1.82) is 0 Å². The van der Waals surface area contributed by atoms with Gasteiger partial charge in [-0.2, -0.15) is 0 Å². The number of carbonyl (C=O) groups is 2. The van der Waals surface area contributed by atoms with Crippen molar-refractivity contribution in [2.45, 2.75) is 108 Å². The Kier molecular flexibility index (Phi) is 14.7. The van der Waals surface area contributed by atoms with Crippen LogP contribution in [-0.4, -0.2) is 154 Å². The number of piperazine rings is 1. The quantitative estimate of drug-likeness (QED) is 0.0993. The van der Waals surface area contributed by atoms with Gasteiger partial charge in [-0.1, -0.05) is 13.0 Å². The molecule has 0 radical (unpaired) electrons. The van der Waals surface area contributed by atoms with Crippen LogP contribution in [0.3, 0.4) is 0 Å². The molecule has 5 atom stereocenters. The molecule has 0 bridgehead atoms. The number of ether oxygens (including phenoxy) is 2. The number of fused-ring (bicyclic) bond motifs is 1. The van der Waals surface area contributed by atoms with Crippen molar-refractivity contribution in [2.24, 2.45) is 5.73 Å². The van der Waals surface area contributed by atoms with Crippen molar-refractivity contribution < 1.29 is 39.5 Å². The maximum atomic E-state index is 13.2. The summed E-state index contributed by atoms with van der Waals surface area (Å²) >= 11 is 0. The molecule has 5 aliphatic heterocycles. The Morgan fingerprint density at radius 1 is 0.875 bits per heavy atom. The van der Waals surface area contributed by atoms with Crippen LogP contribution in [0.15, 0.2) is 36.4 Å². The molecule has 4 fully saturated rings. The Labute approximate surface area is 374 Å². The zero-order valence-corrected chi connectivity index (χ0v) is 36.9. The molecule has 6 heterocycles. The first-order valence-electron chi connectivity index (χ1n) is 22.9. The SMILES string of the molecule is CCc1nc(C(N)=O)c(Nc2ccc(N3CCC(N4CCN(C(=O)CCCNc5ccc6c(c5)C(O)N(C5CCC(O)NC5O)C6O)CC4)CC3)c(OC)c2)nc1NC1CCOCC1. The van der Waals surface area contributed by atoms with Gasteiger partial charge in [-0.15, -0.1) is 0 Å². The van der Waals surface area contributed by atoms with Crippen LogP contribution in [-0.2, 0) is 16.0 Å². The number of anilines is 5. The second-order valence-corrected chi connectivity index (χ2v) is 17.5. The van der Waals surface area contributed by atoms with E-state index in [1.165, 1.54) is 4.90 Å². The van der Waals surface area contributed by atoms with Crippen LogP contribution in [0.4, 0.5) is 28.7 Å². The van der Waals surface area contributed by atoms with Crippen LogP contribution in [0.2, 0.25) is 0 Å². The third-order valence-electron chi connectivity index (χ3n) is 13.5. The maximum absolute atomic E-state index is 13.2. The summed E-state index contributed by atoms with van der Waals surface area (Å²) in [5.74, 6) is 1.13. The molecule has 0 aliphatic carbocycles. The fourth-order valence-corrected chi connectivity index (χ4v) is 9.87. The largest absolute Gasteiger partial charge is 0.495 e. The number of hydrogen-bond acceptors (Lipinski definition) is 17. The van der Waals surface area contributed by atoms with E-state index in [1.54, 1.807) is 13.2 Å². The van der Waals surface area contributed by atoms with Crippen LogP contribution < -0.4 is 36.6 Å². The fourth-order valence-electron chi connectivity index (χ4n) is 9.87. The number of primary amides is 1. The number of aliphatic hydroxyl groups excluding tert-OH is 4. The number of aryl methyl sites for hydroxylation is 1. The van der Waals surface area contributed by atoms with E-state index in [1.807, 2.05) is 42.2 Å². The number of piperidine rings is 2. The molecule has 0 spiro atoms. The lowest BCUT2D eigenvalue weighted by atomic mass is 10.0. The van der Waals surface area contributed by atoms with Crippen LogP contribution in [0.1, 0.15) is 98.1 Å². The molecule has 5 unspecified atom stereocenters. The summed E-state index contributed by atoms with van der Waals surface area (Å²) < 4.78 is 11.4. The smallest absolute Gasteiger partial charge is 0.271 e. The molecular weight excluding hydrogens is 823 g/mol. The number of nitrogens with one attached hydrogen (secondary N) is 4. The van der Waals surface area contributed by atoms with Gasteiger partial charge in [0.1, 0.15) is 30.7 Å². The molecule has 348 valence electrons. The molecule has 19 heteroatoms. The topological polar surface area (TPSA) is 246 Å². The fraction of sp³-hybridized carbons (Fsp3) is 0.600. The average molecular weight is 888 g/mol. The maximum Gasteiger partial charge on any atom is 0.271 e. The number of amides is 2. The van der Waals surface area contributed by atoms with E-state index in [0.717, 1.165) is 63.2 Å². The molecule has 5 aliphatic rings. The summed E-state index contributed by atoms with van der Waals surface area (Å²) in [6, 6.07) is 11.4. The number of nitrogens with two attached hydrogens (primary N) is 1. The van der Waals surface area contributed by atoms with Gasteiger partial charge in [0.15, 0.2) is 17.3 Å². The number of aliphatic hydroxyl groups is 4. The van der Waals surface area contributed by atoms with E-state index in [0.29, 0.717) is 105 Å². The lowest BCUT2D eigenvalue weighted by Crippen LogP contribution is -2.57. The predicted octanol–water partition coefficient (Wildman–Crippen LogP) is 2.17. The molecule has 64 heavy (non-hydrogen) atoms. The van der Waals surface area contributed by atoms with E-state index < -0.39 is 36.9 Å². The standard InChI is InChI=1S/C45H65N11O8/c1-3-33-41(48-27-14-23-64-24-15-27)52-42(39(50-33)40(46)59)49-29-7-9-34(36(26-29)63-2)54-17-12-30(13-18-54)53-19-21-55(22-20-53)38(58)5-4-16-47-28-6-8-31-32(25-28)45(62)56(44(31)61)35-10-11-37(57)51-43(35)60/h6-9,25-27,30,35,37,43-45,47,51,57,60-62H,3-5,10-24H2,1-2H3,(H2,46,59)(H2,48,49,52). The first-order chi connectivity index (χ1) is 31.0. The van der Waals surface area contributed by atoms with Gasteiger partial charge in [0.25, 0.3) is 5.91 Å². The van der Waals surface area contributed by atoms with E-state index in [4.69, 9.17) is 20.2 Å². The van der Waals surface area contributed by atoms with Crippen LogP contribution in [0, 0.1) is 0 Å². The Hall–Kier alpha value is -4.86. The second kappa shape index (κ2) is 20.5. The van der Waals surface area contributed by atoms with Crippen molar-refractivity contribution >= 4 is 40.5 Å². The minimum atomic E-state index is -1.10. The van der Waals surface area contributed by atoms with Crippen molar-refractivity contribution in [3.05, 3.63) is 58.9 Å². The van der Waals surface area contributed by atoms with Crippen molar-refractivity contribution in [1.82, 2.24) is 30.0 Å². The molecule has 19 nitrogen and oxygen atoms in total. The van der Waals surface area contributed by atoms with Crippen LogP contribution >= 0.6 is 0 Å². The highest BCUT2D eigenvalue weighted by atomic mass is 16.5. The summed E-state index contributed by atoms with van der Waals surface area (Å²) in [7, 11) is 1.66. The summed E-state index contributed by atoms with van der Waals surface area (Å²) in [6.07, 6.45) is 2.12. The minimum absolute atomic E-state index is 0.0861. The highest BCUT2D eigenvalue weighted by Gasteiger charge is 2.45. The van der Waals surface area contributed by atoms with E-state index in [9.17, 15) is 30.0 Å². The first kappa shape index (κ1) is 45.7. The molecule has 8 rings (SSSR count). The summed E-state index contributed by atoms with van der Waals surface area (Å²) in [4.78, 5) is 43.5.